The van der Waals surface area contributed by atoms with E-state index in [4.69, 9.17) is 11.5 Å². The summed E-state index contributed by atoms with van der Waals surface area (Å²) in [4.78, 5) is 220. The number of imide groups is 1. The lowest BCUT2D eigenvalue weighted by molar-refractivity contribution is -0.155. The maximum absolute atomic E-state index is 15.2. The number of thioether (sulfide) groups is 1. The van der Waals surface area contributed by atoms with Crippen molar-refractivity contribution < 1.29 is 87.2 Å². The molecular formula is C67H103N19O18S. The summed E-state index contributed by atoms with van der Waals surface area (Å²) in [6.07, 6.45) is 5.47. The highest BCUT2D eigenvalue weighted by Gasteiger charge is 2.41. The molecule has 0 spiro atoms. The molecule has 7 atom stereocenters. The van der Waals surface area contributed by atoms with Gasteiger partial charge in [0.15, 0.2) is 0 Å². The highest BCUT2D eigenvalue weighted by atomic mass is 32.2. The molecule has 0 aliphatic carbocycles. The van der Waals surface area contributed by atoms with Crippen molar-refractivity contribution in [1.82, 2.24) is 87.3 Å². The van der Waals surface area contributed by atoms with Crippen molar-refractivity contribution in [2.75, 3.05) is 117 Å². The zero-order chi connectivity index (χ0) is 77.4. The number of hydrogen-bond donors (Lipinski definition) is 16. The summed E-state index contributed by atoms with van der Waals surface area (Å²) >= 11 is 1.45. The fourth-order valence-electron chi connectivity index (χ4n) is 12.0. The second-order valence-electron chi connectivity index (χ2n) is 26.8. The van der Waals surface area contributed by atoms with E-state index < -0.39 is 188 Å². The van der Waals surface area contributed by atoms with Gasteiger partial charge in [-0.05, 0) is 87.6 Å². The van der Waals surface area contributed by atoms with E-state index in [2.05, 4.69) is 62.8 Å². The fourth-order valence-corrected chi connectivity index (χ4v) is 12.5. The molecule has 37 nitrogen and oxygen atoms in total. The van der Waals surface area contributed by atoms with Crippen LogP contribution in [0.1, 0.15) is 84.4 Å². The number of hydrogen-bond acceptors (Lipinski definition) is 22. The van der Waals surface area contributed by atoms with Crippen molar-refractivity contribution in [3.63, 3.8) is 0 Å². The van der Waals surface area contributed by atoms with Crippen molar-refractivity contribution in [3.05, 3.63) is 54.2 Å². The van der Waals surface area contributed by atoms with Gasteiger partial charge in [0.1, 0.15) is 42.3 Å². The minimum absolute atomic E-state index is 0.0495. The van der Waals surface area contributed by atoms with E-state index in [1.807, 2.05) is 20.1 Å². The normalized spacial score (nSPS) is 16.6. The summed E-state index contributed by atoms with van der Waals surface area (Å²) in [6, 6.07) is -2.77. The number of carboxylic acids is 3. The van der Waals surface area contributed by atoms with Crippen LogP contribution >= 0.6 is 11.8 Å². The molecule has 12 amide bonds. The predicted octanol–water partition coefficient (Wildman–Crippen LogP) is -4.76. The van der Waals surface area contributed by atoms with Crippen LogP contribution in [0.15, 0.2) is 43.0 Å². The summed E-state index contributed by atoms with van der Waals surface area (Å²) in [5.41, 5.74) is 12.8. The number of nitrogens with two attached hydrogens (primary N) is 2. The van der Waals surface area contributed by atoms with E-state index in [0.717, 1.165) is 0 Å². The number of rotatable bonds is 40. The molecule has 38 heteroatoms. The smallest absolute Gasteiger partial charge is 0.317 e. The Morgan fingerprint density at radius 1 is 0.600 bits per heavy atom. The maximum atomic E-state index is 15.2. The number of amides is 12. The Balaban J connectivity index is 1.35. The maximum Gasteiger partial charge on any atom is 0.317 e. The van der Waals surface area contributed by atoms with E-state index in [1.54, 1.807) is 63.9 Å². The van der Waals surface area contributed by atoms with Gasteiger partial charge in [0, 0.05) is 107 Å². The zero-order valence-electron chi connectivity index (χ0n) is 60.2. The first-order chi connectivity index (χ1) is 49.8. The average molecular weight is 1490 g/mol. The summed E-state index contributed by atoms with van der Waals surface area (Å²) in [5, 5.41) is 53.5. The van der Waals surface area contributed by atoms with Gasteiger partial charge in [-0.1, -0.05) is 45.9 Å². The van der Waals surface area contributed by atoms with Crippen LogP contribution in [0.4, 0.5) is 0 Å². The van der Waals surface area contributed by atoms with E-state index in [0.29, 0.717) is 45.9 Å². The van der Waals surface area contributed by atoms with E-state index in [-0.39, 0.29) is 103 Å². The lowest BCUT2D eigenvalue weighted by Crippen LogP contribution is -2.61. The number of aromatic amines is 2. The first kappa shape index (κ1) is 86.0. The van der Waals surface area contributed by atoms with E-state index in [9.17, 15) is 82.4 Å². The highest BCUT2D eigenvalue weighted by molar-refractivity contribution is 7.98. The van der Waals surface area contributed by atoms with Crippen LogP contribution < -0.4 is 59.3 Å². The van der Waals surface area contributed by atoms with Gasteiger partial charge < -0.3 is 84.6 Å². The third-order valence-electron chi connectivity index (χ3n) is 17.7. The van der Waals surface area contributed by atoms with Gasteiger partial charge in [0.05, 0.1) is 45.6 Å². The number of nitrogens with one attached hydrogen (secondary N) is 11. The summed E-state index contributed by atoms with van der Waals surface area (Å²) < 4.78 is 0. The van der Waals surface area contributed by atoms with Crippen molar-refractivity contribution in [2.45, 2.75) is 128 Å². The number of H-pyrrole nitrogens is 2. The SMILES string of the molecule is CSCC[C@H](NC(=O)[C@H](CC(C)C)NC(=O)[C@H](Cc1cnc[nH]1)NC(=O)CNC(=O)[C@@H](NC(=O)[C@H](C)NC(=O)[C@H](Cc1c[nH]c2ccccc12)NC(=O)[C@H](CCC(N)=O)N(C(=O)CNC(=O)CN1CCN(CC(=O)O)CCN(CC(=O)O)CCN(CC(=O)O)CC1)C(=O)C1CCNCC1)C(C)C)C(N)=O. The number of primary amides is 2. The number of piperidine rings is 1. The molecule has 18 N–H and O–H groups in total. The molecule has 0 bridgehead atoms. The van der Waals surface area contributed by atoms with Crippen LogP contribution in [-0.2, 0) is 84.8 Å². The minimum atomic E-state index is -1.85. The number of imidazole rings is 1. The number of fused-ring (bicyclic) bond motifs is 1. The number of aliphatic carboxylic acids is 3. The molecule has 5 rings (SSSR count). The third kappa shape index (κ3) is 29.8. The fraction of sp³-hybridized carbons (Fsp3) is 0.612. The predicted molar refractivity (Wildman–Crippen MR) is 382 cm³/mol. The third-order valence-corrected chi connectivity index (χ3v) is 18.3. The summed E-state index contributed by atoms with van der Waals surface area (Å²) in [5.74, 6) is -15.1. The van der Waals surface area contributed by atoms with E-state index >= 15 is 4.79 Å². The van der Waals surface area contributed by atoms with Gasteiger partial charge in [-0.25, -0.2) is 4.98 Å². The Hall–Kier alpha value is -9.63. The van der Waals surface area contributed by atoms with Crippen LogP contribution in [0, 0.1) is 17.8 Å². The molecule has 2 saturated heterocycles. The molecule has 2 aromatic heterocycles. The van der Waals surface area contributed by atoms with Crippen LogP contribution in [0.25, 0.3) is 10.9 Å². The molecule has 0 saturated carbocycles. The highest BCUT2D eigenvalue weighted by Crippen LogP contribution is 2.23. The largest absolute Gasteiger partial charge is 0.480 e. The van der Waals surface area contributed by atoms with Crippen LogP contribution in [0.3, 0.4) is 0 Å². The Labute approximate surface area is 612 Å². The van der Waals surface area contributed by atoms with Gasteiger partial charge in [0.2, 0.25) is 70.9 Å². The molecule has 105 heavy (non-hydrogen) atoms. The molecule has 580 valence electrons. The molecule has 0 unspecified atom stereocenters. The number of nitrogens with zero attached hydrogens (tertiary/aromatic N) is 6. The molecule has 1 aromatic carbocycles. The van der Waals surface area contributed by atoms with E-state index in [1.165, 1.54) is 31.2 Å². The molecule has 2 fully saturated rings. The van der Waals surface area contributed by atoms with Crippen LogP contribution in [-0.4, -0.2) is 303 Å². The van der Waals surface area contributed by atoms with Crippen molar-refractivity contribution in [1.29, 1.82) is 0 Å². The lowest BCUT2D eigenvalue weighted by atomic mass is 9.94. The standard InChI is InChI=1S/C67H103N19O18S/c1-39(2)27-48(63(100)78-47(60(69)97)15-26-105-6)79-64(101)50(29-44-31-71-38-75-44)77-53(88)32-74-66(103)59(40(3)4)81-61(98)41(5)76-62(99)49(28-43-30-72-46-10-8-7-9-45(43)46)80-65(102)51(11-12-52(68)87)86(67(104)42-13-16-70-17-14-42)55(90)33-73-54(89)34-82-18-20-83(35-56(91)92)22-24-85(37-58(95)96)25-23-84(21-19-82)36-57(93)94/h7-10,30-31,38-42,47-51,59,70,72H,11-29,32-37H2,1-6H3,(H2,68,87)(H2,69,97)(H,71,75)(H,73,89)(H,74,103)(H,76,99)(H,77,88)(H,78,100)(H,79,101)(H,80,102)(H,81,98)(H,91,92)(H,93,94)(H,95,96)/t41-,47-,48-,49-,50-,51-,59-/m0/s1. The van der Waals surface area contributed by atoms with Crippen LogP contribution in [0.5, 0.6) is 0 Å². The second kappa shape index (κ2) is 43.6. The number of carbonyl (C=O) groups excluding carboxylic acids is 12. The first-order valence-corrected chi connectivity index (χ1v) is 36.3. The Morgan fingerprint density at radius 2 is 1.14 bits per heavy atom. The first-order valence-electron chi connectivity index (χ1n) is 34.9. The molecular weight excluding hydrogens is 1390 g/mol. The Bertz CT molecular complexity index is 3450. The molecule has 0 radical (unpaired) electrons. The molecule has 2 aliphatic rings. The molecule has 4 heterocycles. The molecule has 3 aromatic rings. The van der Waals surface area contributed by atoms with Gasteiger partial charge >= 0.3 is 17.9 Å². The topological polar surface area (TPSA) is 538 Å². The Morgan fingerprint density at radius 3 is 1.68 bits per heavy atom. The number of carbonyl (C=O) groups is 15. The summed E-state index contributed by atoms with van der Waals surface area (Å²) in [6.45, 7) is 6.26. The lowest BCUT2D eigenvalue weighted by Gasteiger charge is -2.34. The monoisotopic (exact) mass is 1490 g/mol. The van der Waals surface area contributed by atoms with Crippen molar-refractivity contribution >= 4 is 111 Å². The van der Waals surface area contributed by atoms with Crippen molar-refractivity contribution in [2.24, 2.45) is 29.2 Å². The molecule has 2 aliphatic heterocycles. The van der Waals surface area contributed by atoms with Crippen molar-refractivity contribution in [3.8, 4) is 0 Å². The number of para-hydroxylation sites is 1. The zero-order valence-corrected chi connectivity index (χ0v) is 61.0. The second-order valence-corrected chi connectivity index (χ2v) is 27.8. The van der Waals surface area contributed by atoms with Gasteiger partial charge in [-0.2, -0.15) is 11.8 Å². The quantitative estimate of drug-likeness (QED) is 0.0254. The van der Waals surface area contributed by atoms with Gasteiger partial charge in [0.25, 0.3) is 0 Å². The number of benzene rings is 1. The van der Waals surface area contributed by atoms with Gasteiger partial charge in [-0.3, -0.25) is 96.4 Å². The number of aromatic nitrogens is 3. The minimum Gasteiger partial charge on any atom is -0.480 e. The average Bonchev–Trinajstić information content (AvgIpc) is 1.80. The van der Waals surface area contributed by atoms with Crippen LogP contribution in [0.2, 0.25) is 0 Å². The van der Waals surface area contributed by atoms with Gasteiger partial charge in [-0.15, -0.1) is 0 Å². The summed E-state index contributed by atoms with van der Waals surface area (Å²) in [7, 11) is 0. The number of carboxylic acid groups (broad SMARTS) is 3. The Kier molecular flexibility index (Phi) is 35.7.